The van der Waals surface area contributed by atoms with Gasteiger partial charge in [0.25, 0.3) is 0 Å². The van der Waals surface area contributed by atoms with E-state index in [-0.39, 0.29) is 18.9 Å². The summed E-state index contributed by atoms with van der Waals surface area (Å²) < 4.78 is 32.5. The molecule has 4 nitrogen and oxygen atoms in total. The van der Waals surface area contributed by atoms with Crippen LogP contribution in [0.15, 0.2) is 0 Å². The molecule has 0 heterocycles. The minimum atomic E-state index is -5.21. The second-order valence-corrected chi connectivity index (χ2v) is 4.73. The maximum absolute atomic E-state index is 10.0. The van der Waals surface area contributed by atoms with Crippen molar-refractivity contribution >= 4 is 37.8 Å². The summed E-state index contributed by atoms with van der Waals surface area (Å²) in [7, 11) is 0. The zero-order chi connectivity index (χ0) is 7.49. The predicted molar refractivity (Wildman–Crippen MR) is 37.3 cm³/mol. The molecule has 1 unspecified atom stereocenters. The third-order valence-corrected chi connectivity index (χ3v) is 2.49. The summed E-state index contributed by atoms with van der Waals surface area (Å²) >= 11 is -5.21. The molecule has 0 aliphatic heterocycles. The van der Waals surface area contributed by atoms with E-state index in [9.17, 15) is 6.21 Å². The normalized spacial score (nSPS) is 13.9. The third-order valence-electron chi connectivity index (χ3n) is 0.861. The van der Waals surface area contributed by atoms with Gasteiger partial charge in [0.2, 0.25) is 0 Å². The van der Waals surface area contributed by atoms with Crippen LogP contribution in [-0.2, 0) is 9.31 Å². The van der Waals surface area contributed by atoms with Crippen molar-refractivity contribution in [3.8, 4) is 0 Å². The van der Waals surface area contributed by atoms with Crippen LogP contribution in [0.25, 0.3) is 0 Å². The van der Waals surface area contributed by atoms with Crippen molar-refractivity contribution < 1.29 is 12.8 Å². The van der Waals surface area contributed by atoms with E-state index in [1.54, 1.807) is 13.8 Å². The van der Waals surface area contributed by atoms with E-state index in [1.807, 2.05) is 0 Å². The summed E-state index contributed by atoms with van der Waals surface area (Å²) in [5.41, 5.74) is 0. The van der Waals surface area contributed by atoms with E-state index in [4.69, 9.17) is 3.47 Å². The van der Waals surface area contributed by atoms with Crippen molar-refractivity contribution in [3.05, 3.63) is 0 Å². The SMILES string of the molecule is CCC(C)O[Te](=O)(=O)O.[LiH]. The van der Waals surface area contributed by atoms with Crippen LogP contribution in [0, 0.1) is 0 Å². The van der Waals surface area contributed by atoms with Crippen molar-refractivity contribution in [2.24, 2.45) is 0 Å². The minimum absolute atomic E-state index is 0. The molecule has 0 radical (unpaired) electrons. The van der Waals surface area contributed by atoms with Crippen molar-refractivity contribution in [2.75, 3.05) is 0 Å². The van der Waals surface area contributed by atoms with Gasteiger partial charge in [-0.3, -0.25) is 0 Å². The molecule has 10 heavy (non-hydrogen) atoms. The second kappa shape index (κ2) is 5.54. The molecule has 0 spiro atoms. The van der Waals surface area contributed by atoms with E-state index < -0.39 is 25.1 Å². The topological polar surface area (TPSA) is 63.6 Å². The quantitative estimate of drug-likeness (QED) is 0.689. The van der Waals surface area contributed by atoms with Crippen molar-refractivity contribution in [1.82, 2.24) is 0 Å². The predicted octanol–water partition coefficient (Wildman–Crippen LogP) is -0.558. The van der Waals surface area contributed by atoms with E-state index in [0.29, 0.717) is 6.42 Å². The molecule has 0 aliphatic carbocycles. The Hall–Kier alpha value is 0.907. The van der Waals surface area contributed by atoms with Gasteiger partial charge in [0.15, 0.2) is 0 Å². The summed E-state index contributed by atoms with van der Waals surface area (Å²) in [6.07, 6.45) is 0.185. The van der Waals surface area contributed by atoms with Crippen LogP contribution in [0.3, 0.4) is 0 Å². The summed E-state index contributed by atoms with van der Waals surface area (Å²) in [6.45, 7) is 3.37. The van der Waals surface area contributed by atoms with Gasteiger partial charge >= 0.3 is 77.0 Å². The summed E-state index contributed by atoms with van der Waals surface area (Å²) in [4.78, 5) is 0. The average molecular weight is 258 g/mol. The molecule has 0 aromatic heterocycles. The molecule has 0 saturated heterocycles. The fourth-order valence-electron chi connectivity index (χ4n) is 0.276. The molecule has 0 saturated carbocycles. The van der Waals surface area contributed by atoms with E-state index in [2.05, 4.69) is 3.10 Å². The summed E-state index contributed by atoms with van der Waals surface area (Å²) in [5, 5.41) is 0. The Balaban J connectivity index is 0. The van der Waals surface area contributed by atoms with Gasteiger partial charge in [-0.15, -0.1) is 0 Å². The monoisotopic (exact) mass is 260 g/mol. The van der Waals surface area contributed by atoms with Crippen molar-refractivity contribution in [2.45, 2.75) is 26.4 Å². The average Bonchev–Trinajstić information content (AvgIpc) is 1.62. The van der Waals surface area contributed by atoms with Crippen molar-refractivity contribution in [1.29, 1.82) is 0 Å². The summed E-state index contributed by atoms with van der Waals surface area (Å²) in [6, 6.07) is 0. The Kier molecular flexibility index (Phi) is 7.48. The van der Waals surface area contributed by atoms with Crippen LogP contribution in [-0.4, -0.2) is 47.4 Å². The second-order valence-electron chi connectivity index (χ2n) is 1.74. The molecule has 58 valence electrons. The molecular formula is C4H11LiO4Te. The Morgan fingerprint density at radius 3 is 2.10 bits per heavy atom. The number of hydrogen-bond donors (Lipinski definition) is 1. The molecule has 1 atom stereocenters. The standard InChI is InChI=1S/C4H10O4Te.Li.H/c1-3-4(2)8-9(5,6)7;;/h4H,3H2,1-2H3,(H,5,6,7);;. The zero-order valence-electron chi connectivity index (χ0n) is 5.36. The Morgan fingerprint density at radius 1 is 1.60 bits per heavy atom. The first-order valence-electron chi connectivity index (χ1n) is 2.61. The fraction of sp³-hybridized carbons (Fsp3) is 1.00. The Labute approximate surface area is 76.8 Å². The van der Waals surface area contributed by atoms with Gasteiger partial charge in [-0.25, -0.2) is 0 Å². The first-order valence-corrected chi connectivity index (χ1v) is 6.51. The number of hydrogen-bond acceptors (Lipinski definition) is 3. The maximum atomic E-state index is 10.0. The Morgan fingerprint density at radius 2 is 2.00 bits per heavy atom. The van der Waals surface area contributed by atoms with Gasteiger partial charge in [0.1, 0.15) is 0 Å². The van der Waals surface area contributed by atoms with Gasteiger partial charge < -0.3 is 0 Å². The molecule has 6 heteroatoms. The first-order chi connectivity index (χ1) is 3.95. The third kappa shape index (κ3) is 8.91. The molecule has 0 aromatic rings. The molecule has 0 aliphatic rings. The molecular weight excluding hydrogens is 247 g/mol. The van der Waals surface area contributed by atoms with Crippen molar-refractivity contribution in [3.63, 3.8) is 0 Å². The van der Waals surface area contributed by atoms with E-state index in [1.165, 1.54) is 0 Å². The van der Waals surface area contributed by atoms with Crippen LogP contribution in [0.5, 0.6) is 0 Å². The summed E-state index contributed by atoms with van der Waals surface area (Å²) in [5.74, 6) is 0. The fourth-order valence-corrected chi connectivity index (χ4v) is 1.85. The molecule has 0 rings (SSSR count). The van der Waals surface area contributed by atoms with Crippen LogP contribution in [0.4, 0.5) is 0 Å². The van der Waals surface area contributed by atoms with Gasteiger partial charge in [-0.05, 0) is 0 Å². The molecule has 0 amide bonds. The molecule has 1 N–H and O–H groups in total. The molecule has 0 fully saturated rings. The molecule has 0 aromatic carbocycles. The molecule has 0 bridgehead atoms. The van der Waals surface area contributed by atoms with Gasteiger partial charge in [-0.2, -0.15) is 0 Å². The van der Waals surface area contributed by atoms with Gasteiger partial charge in [0, 0.05) is 0 Å². The number of rotatable bonds is 3. The van der Waals surface area contributed by atoms with E-state index in [0.717, 1.165) is 0 Å². The van der Waals surface area contributed by atoms with Crippen LogP contribution >= 0.6 is 0 Å². The first kappa shape index (κ1) is 13.5. The zero-order valence-corrected chi connectivity index (χ0v) is 7.70. The van der Waals surface area contributed by atoms with Crippen LogP contribution in [0.2, 0.25) is 0 Å². The van der Waals surface area contributed by atoms with Crippen LogP contribution < -0.4 is 0 Å². The van der Waals surface area contributed by atoms with Gasteiger partial charge in [0.05, 0.1) is 0 Å². The van der Waals surface area contributed by atoms with Crippen LogP contribution in [0.1, 0.15) is 20.3 Å². The van der Waals surface area contributed by atoms with Gasteiger partial charge in [-0.1, -0.05) is 0 Å². The Bertz CT molecular complexity index is 164. The van der Waals surface area contributed by atoms with E-state index >= 15 is 0 Å².